The lowest BCUT2D eigenvalue weighted by atomic mass is 10.0. The maximum atomic E-state index is 9.90. The van der Waals surface area contributed by atoms with Crippen LogP contribution >= 0.6 is 11.6 Å². The van der Waals surface area contributed by atoms with Crippen LogP contribution in [0.25, 0.3) is 0 Å². The lowest BCUT2D eigenvalue weighted by molar-refractivity contribution is 0.186. The first-order valence-corrected chi connectivity index (χ1v) is 7.88. The van der Waals surface area contributed by atoms with Crippen LogP contribution in [0.1, 0.15) is 32.3 Å². The summed E-state index contributed by atoms with van der Waals surface area (Å²) in [6.07, 6.45) is 2.64. The third-order valence-corrected chi connectivity index (χ3v) is 4.42. The third-order valence-electron chi connectivity index (χ3n) is 4.12. The van der Waals surface area contributed by atoms with E-state index in [0.717, 1.165) is 12.1 Å². The van der Waals surface area contributed by atoms with Crippen LogP contribution in [0.15, 0.2) is 18.2 Å². The predicted molar refractivity (Wildman–Crippen MR) is 84.3 cm³/mol. The molecule has 3 nitrogen and oxygen atoms in total. The standard InChI is InChI=1S/C16H25ClN2O/c1-12(2)15(19-8-3-4-9-19)11-18-10-13-6-5-7-14(17)16(13)20/h5-7,12,15,18,20H,3-4,8-11H2,1-2H3. The number of rotatable bonds is 6. The number of nitrogens with zero attached hydrogens (tertiary/aromatic N) is 1. The Hall–Kier alpha value is -0.770. The minimum atomic E-state index is 0.198. The van der Waals surface area contributed by atoms with E-state index in [1.165, 1.54) is 25.9 Å². The number of hydrogen-bond donors (Lipinski definition) is 2. The van der Waals surface area contributed by atoms with Crippen LogP contribution in [0.3, 0.4) is 0 Å². The maximum Gasteiger partial charge on any atom is 0.138 e. The Labute approximate surface area is 126 Å². The van der Waals surface area contributed by atoms with Gasteiger partial charge in [-0.3, -0.25) is 4.90 Å². The van der Waals surface area contributed by atoms with Gasteiger partial charge in [-0.15, -0.1) is 0 Å². The van der Waals surface area contributed by atoms with Gasteiger partial charge in [0.2, 0.25) is 0 Å². The number of benzene rings is 1. The molecule has 0 aromatic heterocycles. The van der Waals surface area contributed by atoms with Crippen molar-refractivity contribution < 1.29 is 5.11 Å². The molecule has 0 bridgehead atoms. The molecule has 112 valence electrons. The summed E-state index contributed by atoms with van der Waals surface area (Å²) < 4.78 is 0. The second-order valence-electron chi connectivity index (χ2n) is 5.93. The quantitative estimate of drug-likeness (QED) is 0.846. The van der Waals surface area contributed by atoms with Gasteiger partial charge in [0.15, 0.2) is 0 Å². The Morgan fingerprint density at radius 1 is 1.30 bits per heavy atom. The highest BCUT2D eigenvalue weighted by atomic mass is 35.5. The van der Waals surface area contributed by atoms with Gasteiger partial charge in [0, 0.05) is 24.7 Å². The maximum absolute atomic E-state index is 9.90. The summed E-state index contributed by atoms with van der Waals surface area (Å²) in [5.41, 5.74) is 0.862. The van der Waals surface area contributed by atoms with E-state index in [1.54, 1.807) is 6.07 Å². The van der Waals surface area contributed by atoms with Gasteiger partial charge < -0.3 is 10.4 Å². The number of aromatic hydroxyl groups is 1. The van der Waals surface area contributed by atoms with Gasteiger partial charge in [-0.1, -0.05) is 37.6 Å². The number of phenolic OH excluding ortho intramolecular Hbond substituents is 1. The monoisotopic (exact) mass is 296 g/mol. The highest BCUT2D eigenvalue weighted by molar-refractivity contribution is 6.32. The van der Waals surface area contributed by atoms with E-state index in [0.29, 0.717) is 23.5 Å². The minimum Gasteiger partial charge on any atom is -0.506 e. The first-order chi connectivity index (χ1) is 9.59. The number of nitrogens with one attached hydrogen (secondary N) is 1. The van der Waals surface area contributed by atoms with Crippen molar-refractivity contribution in [3.8, 4) is 5.75 Å². The zero-order chi connectivity index (χ0) is 14.5. The number of likely N-dealkylation sites (tertiary alicyclic amines) is 1. The van der Waals surface area contributed by atoms with Crippen LogP contribution in [0.5, 0.6) is 5.75 Å². The highest BCUT2D eigenvalue weighted by Gasteiger charge is 2.24. The molecule has 1 aliphatic heterocycles. The lowest BCUT2D eigenvalue weighted by Crippen LogP contribution is -2.44. The molecule has 2 N–H and O–H groups in total. The molecule has 1 heterocycles. The largest absolute Gasteiger partial charge is 0.506 e. The summed E-state index contributed by atoms with van der Waals surface area (Å²) in [6.45, 7) is 8.59. The number of phenols is 1. The van der Waals surface area contributed by atoms with Gasteiger partial charge in [0.25, 0.3) is 0 Å². The molecule has 0 spiro atoms. The Morgan fingerprint density at radius 3 is 2.65 bits per heavy atom. The molecule has 20 heavy (non-hydrogen) atoms. The van der Waals surface area contributed by atoms with Gasteiger partial charge in [-0.2, -0.15) is 0 Å². The van der Waals surface area contributed by atoms with Crippen LogP contribution in [-0.4, -0.2) is 35.7 Å². The van der Waals surface area contributed by atoms with E-state index < -0.39 is 0 Å². The van der Waals surface area contributed by atoms with E-state index in [1.807, 2.05) is 12.1 Å². The highest BCUT2D eigenvalue weighted by Crippen LogP contribution is 2.26. The zero-order valence-corrected chi connectivity index (χ0v) is 13.2. The molecule has 0 aliphatic carbocycles. The summed E-state index contributed by atoms with van der Waals surface area (Å²) in [5, 5.41) is 13.8. The molecule has 1 saturated heterocycles. The van der Waals surface area contributed by atoms with Crippen molar-refractivity contribution in [1.29, 1.82) is 0 Å². The van der Waals surface area contributed by atoms with Gasteiger partial charge in [-0.25, -0.2) is 0 Å². The van der Waals surface area contributed by atoms with Crippen LogP contribution in [-0.2, 0) is 6.54 Å². The fourth-order valence-electron chi connectivity index (χ4n) is 2.92. The van der Waals surface area contributed by atoms with Gasteiger partial charge in [0.05, 0.1) is 5.02 Å². The van der Waals surface area contributed by atoms with Crippen LogP contribution < -0.4 is 5.32 Å². The van der Waals surface area contributed by atoms with Crippen molar-refractivity contribution >= 4 is 11.6 Å². The Bertz CT molecular complexity index is 430. The molecule has 1 atom stereocenters. The van der Waals surface area contributed by atoms with E-state index in [-0.39, 0.29) is 5.75 Å². The number of para-hydroxylation sites is 1. The smallest absolute Gasteiger partial charge is 0.138 e. The average molecular weight is 297 g/mol. The molecule has 4 heteroatoms. The van der Waals surface area contributed by atoms with Gasteiger partial charge in [0.1, 0.15) is 5.75 Å². The molecule has 1 fully saturated rings. The molecular weight excluding hydrogens is 272 g/mol. The third kappa shape index (κ3) is 3.87. The first-order valence-electron chi connectivity index (χ1n) is 7.50. The summed E-state index contributed by atoms with van der Waals surface area (Å²) >= 11 is 5.92. The molecule has 1 aromatic rings. The van der Waals surface area contributed by atoms with Gasteiger partial charge >= 0.3 is 0 Å². The topological polar surface area (TPSA) is 35.5 Å². The van der Waals surface area contributed by atoms with E-state index in [4.69, 9.17) is 11.6 Å². The molecule has 0 radical (unpaired) electrons. The summed E-state index contributed by atoms with van der Waals surface area (Å²) in [5.74, 6) is 0.831. The Morgan fingerprint density at radius 2 is 2.00 bits per heavy atom. The molecule has 1 aliphatic rings. The molecule has 0 saturated carbocycles. The van der Waals surface area contributed by atoms with Crippen LogP contribution in [0, 0.1) is 5.92 Å². The van der Waals surface area contributed by atoms with Crippen molar-refractivity contribution in [1.82, 2.24) is 10.2 Å². The van der Waals surface area contributed by atoms with Crippen molar-refractivity contribution in [2.45, 2.75) is 39.3 Å². The first kappa shape index (κ1) is 15.6. The normalized spacial score (nSPS) is 17.8. The second-order valence-corrected chi connectivity index (χ2v) is 6.34. The van der Waals surface area contributed by atoms with Crippen LogP contribution in [0.4, 0.5) is 0 Å². The summed E-state index contributed by atoms with van der Waals surface area (Å²) in [4.78, 5) is 2.58. The summed E-state index contributed by atoms with van der Waals surface area (Å²) in [7, 11) is 0. The lowest BCUT2D eigenvalue weighted by Gasteiger charge is -2.31. The Balaban J connectivity index is 1.88. The van der Waals surface area contributed by atoms with Crippen molar-refractivity contribution in [3.05, 3.63) is 28.8 Å². The van der Waals surface area contributed by atoms with E-state index in [9.17, 15) is 5.11 Å². The average Bonchev–Trinajstić information content (AvgIpc) is 2.92. The predicted octanol–water partition coefficient (Wildman–Crippen LogP) is 3.26. The second kappa shape index (κ2) is 7.30. The fraction of sp³-hybridized carbons (Fsp3) is 0.625. The van der Waals surface area contributed by atoms with Crippen LogP contribution in [0.2, 0.25) is 5.02 Å². The fourth-order valence-corrected chi connectivity index (χ4v) is 3.11. The van der Waals surface area contributed by atoms with Crippen molar-refractivity contribution in [3.63, 3.8) is 0 Å². The van der Waals surface area contributed by atoms with E-state index >= 15 is 0 Å². The van der Waals surface area contributed by atoms with Crippen molar-refractivity contribution in [2.75, 3.05) is 19.6 Å². The number of halogens is 1. The SMILES string of the molecule is CC(C)C(CNCc1cccc(Cl)c1O)N1CCCC1. The molecule has 2 rings (SSSR count). The molecule has 0 amide bonds. The summed E-state index contributed by atoms with van der Waals surface area (Å²) in [6, 6.07) is 6.06. The number of hydrogen-bond acceptors (Lipinski definition) is 3. The molecular formula is C16H25ClN2O. The van der Waals surface area contributed by atoms with Crippen molar-refractivity contribution in [2.24, 2.45) is 5.92 Å². The zero-order valence-electron chi connectivity index (χ0n) is 12.4. The molecule has 1 aromatic carbocycles. The Kier molecular flexibility index (Phi) is 5.70. The van der Waals surface area contributed by atoms with E-state index in [2.05, 4.69) is 24.1 Å². The molecule has 1 unspecified atom stereocenters. The van der Waals surface area contributed by atoms with Gasteiger partial charge in [-0.05, 0) is 37.9 Å². The minimum absolute atomic E-state index is 0.198.